The largest absolute Gasteiger partial charge is 0.490 e. The van der Waals surface area contributed by atoms with Crippen LogP contribution in [0.25, 0.3) is 17.1 Å². The van der Waals surface area contributed by atoms with Crippen molar-refractivity contribution in [1.82, 2.24) is 30.7 Å². The van der Waals surface area contributed by atoms with Crippen molar-refractivity contribution in [1.29, 1.82) is 0 Å². The Bertz CT molecular complexity index is 1690. The molecule has 3 N–H and O–H groups in total. The highest BCUT2D eigenvalue weighted by Crippen LogP contribution is 2.30. The third-order valence-electron chi connectivity index (χ3n) is 5.71. The summed E-state index contributed by atoms with van der Waals surface area (Å²) in [6, 6.07) is 18.4. The average molecular weight is 577 g/mol. The second-order valence-corrected chi connectivity index (χ2v) is 8.77. The van der Waals surface area contributed by atoms with Gasteiger partial charge in [-0.05, 0) is 53.1 Å². The molecule has 12 nitrogen and oxygen atoms in total. The average Bonchev–Trinajstić information content (AvgIpc) is 3.60. The molecular formula is C27H22ClFN8O4. The maximum atomic E-state index is 14.1. The standard InChI is InChI=1S/C27H22ClFN8O4/c1-2-39-22-13-16(11-12-21(22)40-15-18-19(28)9-6-10-20(18)29)14-31-33-27(38)24-23(17-7-4-3-5-8-17)32-36-37(24)26-25(30)34-41-35-26/h3-14H,2,15H2,1H3,(H2,30,34)(H,33,38). The fraction of sp³-hybridized carbons (Fsp3) is 0.111. The number of ether oxygens (including phenoxy) is 2. The second kappa shape index (κ2) is 12.3. The van der Waals surface area contributed by atoms with Gasteiger partial charge in [-0.3, -0.25) is 4.79 Å². The molecule has 0 aliphatic carbocycles. The maximum absolute atomic E-state index is 14.1. The number of halogens is 2. The van der Waals surface area contributed by atoms with Gasteiger partial charge in [0.15, 0.2) is 17.2 Å². The molecule has 0 saturated heterocycles. The number of rotatable bonds is 10. The van der Waals surface area contributed by atoms with Crippen LogP contribution < -0.4 is 20.6 Å². The first-order valence-electron chi connectivity index (χ1n) is 12.2. The van der Waals surface area contributed by atoms with E-state index in [-0.39, 0.29) is 40.2 Å². The molecule has 1 amide bonds. The van der Waals surface area contributed by atoms with Crippen LogP contribution in [-0.4, -0.2) is 44.0 Å². The van der Waals surface area contributed by atoms with Crippen LogP contribution in [0.2, 0.25) is 5.02 Å². The summed E-state index contributed by atoms with van der Waals surface area (Å²) < 4.78 is 31.4. The van der Waals surface area contributed by atoms with E-state index in [1.165, 1.54) is 18.3 Å². The molecule has 0 aliphatic heterocycles. The number of nitrogen functional groups attached to an aromatic ring is 1. The Hall–Kier alpha value is -5.30. The highest BCUT2D eigenvalue weighted by atomic mass is 35.5. The quantitative estimate of drug-likeness (QED) is 0.181. The fourth-order valence-electron chi connectivity index (χ4n) is 3.79. The number of carbonyl (C=O) groups excluding carboxylic acids is 1. The molecule has 3 aromatic carbocycles. The second-order valence-electron chi connectivity index (χ2n) is 8.36. The van der Waals surface area contributed by atoms with Gasteiger partial charge >= 0.3 is 0 Å². The van der Waals surface area contributed by atoms with Gasteiger partial charge in [0.1, 0.15) is 18.1 Å². The Kier molecular flexibility index (Phi) is 8.15. The minimum Gasteiger partial charge on any atom is -0.490 e. The molecule has 0 atom stereocenters. The summed E-state index contributed by atoms with van der Waals surface area (Å²) >= 11 is 6.10. The fourth-order valence-corrected chi connectivity index (χ4v) is 4.01. The maximum Gasteiger partial charge on any atom is 0.292 e. The normalized spacial score (nSPS) is 11.1. The summed E-state index contributed by atoms with van der Waals surface area (Å²) in [5.74, 6) is -0.396. The number of anilines is 1. The van der Waals surface area contributed by atoms with Gasteiger partial charge in [0.2, 0.25) is 11.6 Å². The number of benzene rings is 3. The molecule has 0 spiro atoms. The van der Waals surface area contributed by atoms with E-state index < -0.39 is 11.7 Å². The number of hydrazone groups is 1. The van der Waals surface area contributed by atoms with E-state index in [1.54, 1.807) is 48.5 Å². The lowest BCUT2D eigenvalue weighted by Crippen LogP contribution is -2.22. The van der Waals surface area contributed by atoms with Crippen LogP contribution in [0, 0.1) is 5.82 Å². The van der Waals surface area contributed by atoms with Crippen LogP contribution in [0.5, 0.6) is 11.5 Å². The van der Waals surface area contributed by atoms with Gasteiger partial charge in [-0.25, -0.2) is 14.4 Å². The first kappa shape index (κ1) is 27.3. The predicted molar refractivity (Wildman–Crippen MR) is 147 cm³/mol. The summed E-state index contributed by atoms with van der Waals surface area (Å²) in [7, 11) is 0. The zero-order chi connectivity index (χ0) is 28.8. The van der Waals surface area contributed by atoms with E-state index in [0.29, 0.717) is 29.2 Å². The molecule has 0 aliphatic rings. The molecule has 14 heteroatoms. The van der Waals surface area contributed by atoms with Crippen molar-refractivity contribution in [2.75, 3.05) is 12.3 Å². The van der Waals surface area contributed by atoms with Crippen LogP contribution in [-0.2, 0) is 6.61 Å². The van der Waals surface area contributed by atoms with E-state index in [0.717, 1.165) is 4.68 Å². The lowest BCUT2D eigenvalue weighted by Gasteiger charge is -2.13. The Morgan fingerprint density at radius 2 is 1.95 bits per heavy atom. The van der Waals surface area contributed by atoms with Crippen LogP contribution in [0.3, 0.4) is 0 Å². The molecule has 0 fully saturated rings. The molecule has 0 bridgehead atoms. The highest BCUT2D eigenvalue weighted by molar-refractivity contribution is 6.31. The smallest absolute Gasteiger partial charge is 0.292 e. The molecule has 41 heavy (non-hydrogen) atoms. The van der Waals surface area contributed by atoms with Gasteiger partial charge in [0, 0.05) is 11.1 Å². The van der Waals surface area contributed by atoms with Gasteiger partial charge in [-0.15, -0.1) is 5.10 Å². The van der Waals surface area contributed by atoms with Crippen molar-refractivity contribution >= 4 is 29.5 Å². The minimum atomic E-state index is -0.640. The van der Waals surface area contributed by atoms with Crippen LogP contribution >= 0.6 is 11.6 Å². The van der Waals surface area contributed by atoms with Gasteiger partial charge in [-0.1, -0.05) is 53.2 Å². The molecule has 208 valence electrons. The molecule has 0 unspecified atom stereocenters. The number of nitrogens with two attached hydrogens (primary N) is 1. The first-order valence-corrected chi connectivity index (χ1v) is 12.6. The number of aromatic nitrogens is 5. The van der Waals surface area contributed by atoms with Crippen molar-refractivity contribution in [2.45, 2.75) is 13.5 Å². The van der Waals surface area contributed by atoms with E-state index in [9.17, 15) is 9.18 Å². The van der Waals surface area contributed by atoms with Crippen molar-refractivity contribution in [2.24, 2.45) is 5.10 Å². The molecule has 0 saturated carbocycles. The Morgan fingerprint density at radius 1 is 1.12 bits per heavy atom. The zero-order valence-corrected chi connectivity index (χ0v) is 22.2. The molecule has 5 rings (SSSR count). The summed E-state index contributed by atoms with van der Waals surface area (Å²) in [4.78, 5) is 13.3. The lowest BCUT2D eigenvalue weighted by atomic mass is 10.1. The van der Waals surface area contributed by atoms with E-state index in [1.807, 2.05) is 13.0 Å². The Labute approximate surface area is 237 Å². The van der Waals surface area contributed by atoms with Crippen LogP contribution in [0.15, 0.2) is 76.5 Å². The van der Waals surface area contributed by atoms with Crippen molar-refractivity contribution < 1.29 is 23.3 Å². The van der Waals surface area contributed by atoms with Gasteiger partial charge < -0.3 is 15.2 Å². The Morgan fingerprint density at radius 3 is 2.68 bits per heavy atom. The van der Waals surface area contributed by atoms with Gasteiger partial charge in [0.05, 0.1) is 17.8 Å². The first-order chi connectivity index (χ1) is 20.0. The number of nitrogens with one attached hydrogen (secondary N) is 1. The van der Waals surface area contributed by atoms with Gasteiger partial charge in [0.25, 0.3) is 5.91 Å². The topological polar surface area (TPSA) is 156 Å². The van der Waals surface area contributed by atoms with Gasteiger partial charge in [-0.2, -0.15) is 9.78 Å². The third-order valence-corrected chi connectivity index (χ3v) is 6.06. The number of nitrogens with zero attached hydrogens (tertiary/aromatic N) is 6. The SMILES string of the molecule is CCOc1cc(C=NNC(=O)c2c(-c3ccccc3)nnn2-c2nonc2N)ccc1OCc1c(F)cccc1Cl. The molecule has 0 radical (unpaired) electrons. The van der Waals surface area contributed by atoms with Crippen molar-refractivity contribution in [3.05, 3.63) is 94.4 Å². The molecule has 2 heterocycles. The summed E-state index contributed by atoms with van der Waals surface area (Å²) in [6.07, 6.45) is 1.42. The summed E-state index contributed by atoms with van der Waals surface area (Å²) in [5, 5.41) is 19.8. The molecule has 2 aromatic heterocycles. The zero-order valence-electron chi connectivity index (χ0n) is 21.5. The number of hydrogen-bond acceptors (Lipinski definition) is 10. The minimum absolute atomic E-state index is 0.00225. The summed E-state index contributed by atoms with van der Waals surface area (Å²) in [6.45, 7) is 2.08. The van der Waals surface area contributed by atoms with Crippen LogP contribution in [0.4, 0.5) is 10.2 Å². The number of hydrogen-bond donors (Lipinski definition) is 2. The monoisotopic (exact) mass is 576 g/mol. The van der Waals surface area contributed by atoms with E-state index in [4.69, 9.17) is 26.8 Å². The van der Waals surface area contributed by atoms with Crippen LogP contribution in [0.1, 0.15) is 28.5 Å². The lowest BCUT2D eigenvalue weighted by molar-refractivity contribution is 0.0947. The van der Waals surface area contributed by atoms with Crippen molar-refractivity contribution in [3.63, 3.8) is 0 Å². The van der Waals surface area contributed by atoms with Crippen molar-refractivity contribution in [3.8, 4) is 28.6 Å². The van der Waals surface area contributed by atoms with E-state index in [2.05, 4.69) is 35.8 Å². The molecule has 5 aromatic rings. The number of carbonyl (C=O) groups is 1. The highest BCUT2D eigenvalue weighted by Gasteiger charge is 2.25. The molecular weight excluding hydrogens is 555 g/mol. The number of amides is 1. The predicted octanol–water partition coefficient (Wildman–Crippen LogP) is 4.43. The summed E-state index contributed by atoms with van der Waals surface area (Å²) in [5.41, 5.74) is 10.0. The Balaban J connectivity index is 1.36. The van der Waals surface area contributed by atoms with E-state index >= 15 is 0 Å². The third kappa shape index (κ3) is 5.99.